The molecule has 6 heteroatoms. The summed E-state index contributed by atoms with van der Waals surface area (Å²) in [6, 6.07) is 10.6. The summed E-state index contributed by atoms with van der Waals surface area (Å²) in [7, 11) is 0. The smallest absolute Gasteiger partial charge is 0.221 e. The highest BCUT2D eigenvalue weighted by atomic mass is 16.1. The van der Waals surface area contributed by atoms with Crippen molar-refractivity contribution in [3.8, 4) is 5.69 Å². The van der Waals surface area contributed by atoms with E-state index in [9.17, 15) is 4.79 Å². The number of nitrogens with two attached hydrogens (primary N) is 1. The number of piperidine rings is 1. The molecule has 6 nitrogen and oxygen atoms in total. The van der Waals surface area contributed by atoms with Gasteiger partial charge in [0.15, 0.2) is 0 Å². The minimum absolute atomic E-state index is 0.0406. The molecule has 1 saturated heterocycles. The van der Waals surface area contributed by atoms with E-state index >= 15 is 0 Å². The molecule has 0 radical (unpaired) electrons. The van der Waals surface area contributed by atoms with Crippen molar-refractivity contribution < 1.29 is 4.79 Å². The number of aromatic nitrogens is 2. The lowest BCUT2D eigenvalue weighted by Crippen LogP contribution is -2.46. The van der Waals surface area contributed by atoms with Crippen LogP contribution in [0.1, 0.15) is 31.5 Å². The van der Waals surface area contributed by atoms with Crippen molar-refractivity contribution in [1.29, 1.82) is 0 Å². The first kappa shape index (κ1) is 17.6. The third-order valence-corrected chi connectivity index (χ3v) is 4.75. The molecule has 0 spiro atoms. The van der Waals surface area contributed by atoms with Crippen molar-refractivity contribution in [2.75, 3.05) is 19.6 Å². The first-order valence-electron chi connectivity index (χ1n) is 9.06. The van der Waals surface area contributed by atoms with E-state index in [1.54, 1.807) is 0 Å². The van der Waals surface area contributed by atoms with Crippen LogP contribution in [0.2, 0.25) is 0 Å². The molecular formula is C19H27N5O. The van der Waals surface area contributed by atoms with Gasteiger partial charge in [-0.1, -0.05) is 24.6 Å². The minimum Gasteiger partial charge on any atom is -0.354 e. The second-order valence-corrected chi connectivity index (χ2v) is 6.51. The molecular weight excluding hydrogens is 314 g/mol. The lowest BCUT2D eigenvalue weighted by atomic mass is 10.0. The summed E-state index contributed by atoms with van der Waals surface area (Å²) in [4.78, 5) is 18.7. The van der Waals surface area contributed by atoms with E-state index in [4.69, 9.17) is 5.73 Å². The Balaban J connectivity index is 1.66. The van der Waals surface area contributed by atoms with E-state index in [1.807, 2.05) is 30.6 Å². The van der Waals surface area contributed by atoms with Crippen molar-refractivity contribution in [3.63, 3.8) is 0 Å². The third-order valence-electron chi connectivity index (χ3n) is 4.75. The second-order valence-electron chi connectivity index (χ2n) is 6.51. The Morgan fingerprint density at radius 1 is 1.28 bits per heavy atom. The van der Waals surface area contributed by atoms with Gasteiger partial charge in [0.1, 0.15) is 5.82 Å². The number of benzene rings is 1. The zero-order valence-corrected chi connectivity index (χ0v) is 14.6. The van der Waals surface area contributed by atoms with Gasteiger partial charge >= 0.3 is 0 Å². The maximum absolute atomic E-state index is 11.7. The topological polar surface area (TPSA) is 76.2 Å². The van der Waals surface area contributed by atoms with Crippen molar-refractivity contribution in [2.24, 2.45) is 5.73 Å². The number of hydrogen-bond acceptors (Lipinski definition) is 4. The fraction of sp³-hybridized carbons (Fsp3) is 0.474. The zero-order valence-electron chi connectivity index (χ0n) is 14.6. The molecule has 134 valence electrons. The van der Waals surface area contributed by atoms with Crippen molar-refractivity contribution in [2.45, 2.75) is 38.3 Å². The van der Waals surface area contributed by atoms with Crippen molar-refractivity contribution >= 4 is 5.91 Å². The van der Waals surface area contributed by atoms with Crippen LogP contribution >= 0.6 is 0 Å². The number of nitrogens with zero attached hydrogens (tertiary/aromatic N) is 3. The van der Waals surface area contributed by atoms with Crippen molar-refractivity contribution in [3.05, 3.63) is 48.5 Å². The van der Waals surface area contributed by atoms with Gasteiger partial charge in [-0.15, -0.1) is 0 Å². The predicted molar refractivity (Wildman–Crippen MR) is 98.3 cm³/mol. The highest BCUT2D eigenvalue weighted by molar-refractivity contribution is 5.76. The molecule has 0 saturated carbocycles. The van der Waals surface area contributed by atoms with Gasteiger partial charge in [-0.2, -0.15) is 0 Å². The van der Waals surface area contributed by atoms with Gasteiger partial charge in [-0.3, -0.25) is 9.69 Å². The predicted octanol–water partition coefficient (Wildman–Crippen LogP) is 1.69. The second kappa shape index (κ2) is 8.78. The molecule has 0 bridgehead atoms. The van der Waals surface area contributed by atoms with Gasteiger partial charge in [0.2, 0.25) is 5.91 Å². The normalized spacial score (nSPS) is 18.2. The number of para-hydroxylation sites is 1. The van der Waals surface area contributed by atoms with Crippen LogP contribution < -0.4 is 11.1 Å². The lowest BCUT2D eigenvalue weighted by molar-refractivity contribution is -0.121. The average Bonchev–Trinajstić information content (AvgIpc) is 3.10. The SMILES string of the molecule is NCCC(=O)NCC1CCCCN1Cc1nccn1-c1ccccc1. The van der Waals surface area contributed by atoms with E-state index in [-0.39, 0.29) is 5.91 Å². The molecule has 1 aliphatic heterocycles. The maximum atomic E-state index is 11.7. The molecule has 2 aromatic rings. The summed E-state index contributed by atoms with van der Waals surface area (Å²) in [6.07, 6.45) is 7.76. The Hall–Kier alpha value is -2.18. The van der Waals surface area contributed by atoms with Crippen LogP contribution in [0.4, 0.5) is 0 Å². The Kier molecular flexibility index (Phi) is 6.19. The van der Waals surface area contributed by atoms with Crippen LogP contribution in [0.3, 0.4) is 0 Å². The number of nitrogens with one attached hydrogen (secondary N) is 1. The van der Waals surface area contributed by atoms with Gasteiger partial charge in [0.25, 0.3) is 0 Å². The Labute approximate surface area is 149 Å². The molecule has 1 amide bonds. The number of imidazole rings is 1. The average molecular weight is 341 g/mol. The third kappa shape index (κ3) is 4.67. The molecule has 1 unspecified atom stereocenters. The van der Waals surface area contributed by atoms with Crippen LogP contribution in [0.15, 0.2) is 42.7 Å². The van der Waals surface area contributed by atoms with Gasteiger partial charge < -0.3 is 15.6 Å². The van der Waals surface area contributed by atoms with E-state index in [2.05, 4.69) is 31.9 Å². The number of carbonyl (C=O) groups excluding carboxylic acids is 1. The molecule has 2 heterocycles. The summed E-state index contributed by atoms with van der Waals surface area (Å²) < 4.78 is 2.14. The summed E-state index contributed by atoms with van der Waals surface area (Å²) in [5.41, 5.74) is 6.57. The molecule has 3 rings (SSSR count). The lowest BCUT2D eigenvalue weighted by Gasteiger charge is -2.35. The number of likely N-dealkylation sites (tertiary alicyclic amines) is 1. The molecule has 1 aromatic heterocycles. The number of hydrogen-bond donors (Lipinski definition) is 2. The molecule has 1 aliphatic rings. The van der Waals surface area contributed by atoms with Gasteiger partial charge in [0.05, 0.1) is 6.54 Å². The molecule has 1 fully saturated rings. The Morgan fingerprint density at radius 2 is 2.12 bits per heavy atom. The standard InChI is InChI=1S/C19H27N5O/c20-10-9-19(25)22-14-17-8-4-5-12-23(17)15-18-21-11-13-24(18)16-6-2-1-3-7-16/h1-3,6-7,11,13,17H,4-5,8-10,12,14-15,20H2,(H,22,25). The summed E-state index contributed by atoms with van der Waals surface area (Å²) >= 11 is 0. The van der Waals surface area contributed by atoms with E-state index in [1.165, 1.54) is 12.8 Å². The van der Waals surface area contributed by atoms with Crippen LogP contribution in [-0.4, -0.2) is 46.0 Å². The van der Waals surface area contributed by atoms with E-state index in [0.717, 1.165) is 31.0 Å². The van der Waals surface area contributed by atoms with Crippen LogP contribution in [0, 0.1) is 0 Å². The van der Waals surface area contributed by atoms with Crippen LogP contribution in [0.25, 0.3) is 5.69 Å². The van der Waals surface area contributed by atoms with Crippen molar-refractivity contribution in [1.82, 2.24) is 19.8 Å². The highest BCUT2D eigenvalue weighted by Crippen LogP contribution is 2.20. The molecule has 1 aromatic carbocycles. The zero-order chi connectivity index (χ0) is 17.5. The first-order valence-corrected chi connectivity index (χ1v) is 9.06. The summed E-state index contributed by atoms with van der Waals surface area (Å²) in [6.45, 7) is 2.91. The monoisotopic (exact) mass is 341 g/mol. The number of amides is 1. The van der Waals surface area contributed by atoms with Crippen LogP contribution in [0.5, 0.6) is 0 Å². The van der Waals surface area contributed by atoms with Gasteiger partial charge in [-0.05, 0) is 31.5 Å². The van der Waals surface area contributed by atoms with E-state index in [0.29, 0.717) is 25.6 Å². The van der Waals surface area contributed by atoms with E-state index < -0.39 is 0 Å². The first-order chi connectivity index (χ1) is 12.3. The molecule has 3 N–H and O–H groups in total. The highest BCUT2D eigenvalue weighted by Gasteiger charge is 2.24. The minimum atomic E-state index is 0.0406. The number of rotatable bonds is 7. The maximum Gasteiger partial charge on any atom is 0.221 e. The Morgan fingerprint density at radius 3 is 2.92 bits per heavy atom. The largest absolute Gasteiger partial charge is 0.354 e. The summed E-state index contributed by atoms with van der Waals surface area (Å²) in [5, 5.41) is 3.02. The summed E-state index contributed by atoms with van der Waals surface area (Å²) in [5.74, 6) is 1.07. The molecule has 25 heavy (non-hydrogen) atoms. The quantitative estimate of drug-likeness (QED) is 0.803. The fourth-order valence-electron chi connectivity index (χ4n) is 3.41. The van der Waals surface area contributed by atoms with Gasteiger partial charge in [0, 0.05) is 43.6 Å². The molecule has 1 atom stereocenters. The molecule has 0 aliphatic carbocycles. The fourth-order valence-corrected chi connectivity index (χ4v) is 3.41. The van der Waals surface area contributed by atoms with Gasteiger partial charge in [-0.25, -0.2) is 4.98 Å². The number of carbonyl (C=O) groups is 1. The Bertz CT molecular complexity index is 669. The van der Waals surface area contributed by atoms with Crippen LogP contribution in [-0.2, 0) is 11.3 Å².